The molecular weight excluding hydrogens is 238 g/mol. The summed E-state index contributed by atoms with van der Waals surface area (Å²) in [6.07, 6.45) is 5.64. The monoisotopic (exact) mass is 257 g/mol. The van der Waals surface area contributed by atoms with Gasteiger partial charge in [-0.25, -0.2) is 4.79 Å². The highest BCUT2D eigenvalue weighted by molar-refractivity contribution is 7.98. The van der Waals surface area contributed by atoms with E-state index in [1.165, 1.54) is 6.42 Å². The number of aliphatic carboxylic acids is 1. The molecule has 0 aromatic heterocycles. The van der Waals surface area contributed by atoms with Gasteiger partial charge in [0, 0.05) is 5.92 Å². The van der Waals surface area contributed by atoms with Crippen LogP contribution >= 0.6 is 11.8 Å². The molecule has 2 aliphatic rings. The number of fused-ring (bicyclic) bond motifs is 1. The van der Waals surface area contributed by atoms with Crippen molar-refractivity contribution in [3.63, 3.8) is 0 Å². The molecule has 1 amide bonds. The second kappa shape index (κ2) is 5.29. The summed E-state index contributed by atoms with van der Waals surface area (Å²) in [6, 6.07) is -0.716. The molecule has 2 aliphatic carbocycles. The minimum atomic E-state index is -0.921. The van der Waals surface area contributed by atoms with E-state index in [0.717, 1.165) is 30.4 Å². The molecule has 4 nitrogen and oxygen atoms in total. The van der Waals surface area contributed by atoms with Crippen LogP contribution in [-0.4, -0.2) is 35.0 Å². The Bertz CT molecular complexity index is 311. The van der Waals surface area contributed by atoms with Crippen molar-refractivity contribution in [1.82, 2.24) is 5.32 Å². The Kier molecular flexibility index (Phi) is 3.97. The molecule has 96 valence electrons. The number of hydrogen-bond donors (Lipinski definition) is 2. The zero-order valence-corrected chi connectivity index (χ0v) is 10.8. The van der Waals surface area contributed by atoms with Crippen molar-refractivity contribution in [3.8, 4) is 0 Å². The predicted octanol–water partition coefficient (Wildman–Crippen LogP) is 1.35. The van der Waals surface area contributed by atoms with Crippen molar-refractivity contribution in [2.45, 2.75) is 31.7 Å². The molecule has 2 rings (SSSR count). The van der Waals surface area contributed by atoms with Gasteiger partial charge >= 0.3 is 5.97 Å². The highest BCUT2D eigenvalue weighted by atomic mass is 32.2. The van der Waals surface area contributed by atoms with Gasteiger partial charge in [-0.2, -0.15) is 11.8 Å². The second-order valence-corrected chi connectivity index (χ2v) is 6.09. The van der Waals surface area contributed by atoms with Crippen LogP contribution in [0, 0.1) is 17.8 Å². The van der Waals surface area contributed by atoms with Gasteiger partial charge in [0.15, 0.2) is 0 Å². The number of carbonyl (C=O) groups is 2. The van der Waals surface area contributed by atoms with Crippen molar-refractivity contribution in [1.29, 1.82) is 0 Å². The molecule has 2 fully saturated rings. The largest absolute Gasteiger partial charge is 0.480 e. The Balaban J connectivity index is 1.80. The lowest BCUT2D eigenvalue weighted by molar-refractivity contribution is -0.142. The second-order valence-electron chi connectivity index (χ2n) is 5.11. The fraction of sp³-hybridized carbons (Fsp3) is 0.833. The van der Waals surface area contributed by atoms with Crippen LogP contribution in [0.1, 0.15) is 25.7 Å². The summed E-state index contributed by atoms with van der Waals surface area (Å²) in [6.45, 7) is 0. The number of carbonyl (C=O) groups excluding carboxylic acids is 1. The maximum Gasteiger partial charge on any atom is 0.326 e. The summed E-state index contributed by atoms with van der Waals surface area (Å²) in [5, 5.41) is 11.7. The van der Waals surface area contributed by atoms with Gasteiger partial charge < -0.3 is 10.4 Å². The first-order valence-electron chi connectivity index (χ1n) is 6.14. The van der Waals surface area contributed by atoms with Crippen LogP contribution in [-0.2, 0) is 9.59 Å². The number of carboxylic acids is 1. The van der Waals surface area contributed by atoms with Crippen molar-refractivity contribution in [2.24, 2.45) is 17.8 Å². The quantitative estimate of drug-likeness (QED) is 0.754. The predicted molar refractivity (Wildman–Crippen MR) is 66.9 cm³/mol. The van der Waals surface area contributed by atoms with Crippen LogP contribution in [0.3, 0.4) is 0 Å². The molecule has 2 saturated carbocycles. The van der Waals surface area contributed by atoms with Crippen LogP contribution in [0.2, 0.25) is 0 Å². The topological polar surface area (TPSA) is 66.4 Å². The first kappa shape index (κ1) is 12.7. The number of rotatable bonds is 6. The molecular formula is C12H19NO3S. The van der Waals surface area contributed by atoms with Gasteiger partial charge in [-0.3, -0.25) is 4.79 Å². The standard InChI is InChI=1S/C12H19NO3S/c1-17-3-2-10(12(15)16)13-11(14)9-5-7-4-8(7)6-9/h7-10H,2-6H2,1H3,(H,13,14)(H,15,16)/t7?,8?,9?,10-/m1/s1. The Morgan fingerprint density at radius 1 is 1.35 bits per heavy atom. The molecule has 2 unspecified atom stereocenters. The normalized spacial score (nSPS) is 31.7. The van der Waals surface area contributed by atoms with Crippen molar-refractivity contribution < 1.29 is 14.7 Å². The van der Waals surface area contributed by atoms with Crippen LogP contribution < -0.4 is 5.32 Å². The molecule has 0 aromatic carbocycles. The molecule has 0 spiro atoms. The molecule has 5 heteroatoms. The lowest BCUT2D eigenvalue weighted by Crippen LogP contribution is -2.43. The maximum atomic E-state index is 11.9. The van der Waals surface area contributed by atoms with E-state index < -0.39 is 12.0 Å². The summed E-state index contributed by atoms with van der Waals surface area (Å²) in [5.41, 5.74) is 0. The third-order valence-corrected chi connectivity index (χ3v) is 4.48. The van der Waals surface area contributed by atoms with E-state index in [0.29, 0.717) is 6.42 Å². The summed E-state index contributed by atoms with van der Waals surface area (Å²) in [4.78, 5) is 22.9. The van der Waals surface area contributed by atoms with Gasteiger partial charge in [0.2, 0.25) is 5.91 Å². The first-order valence-corrected chi connectivity index (χ1v) is 7.53. The van der Waals surface area contributed by atoms with E-state index in [1.807, 2.05) is 6.26 Å². The zero-order valence-electron chi connectivity index (χ0n) is 10.0. The minimum absolute atomic E-state index is 0.0503. The van der Waals surface area contributed by atoms with Crippen LogP contribution in [0.25, 0.3) is 0 Å². The van der Waals surface area contributed by atoms with Gasteiger partial charge in [-0.15, -0.1) is 0 Å². The zero-order chi connectivity index (χ0) is 12.4. The molecule has 0 radical (unpaired) electrons. The van der Waals surface area contributed by atoms with E-state index in [1.54, 1.807) is 11.8 Å². The van der Waals surface area contributed by atoms with Gasteiger partial charge in [-0.1, -0.05) is 0 Å². The summed E-state index contributed by atoms with van der Waals surface area (Å²) in [5.74, 6) is 1.35. The van der Waals surface area contributed by atoms with E-state index in [9.17, 15) is 9.59 Å². The Labute approximate surface area is 106 Å². The summed E-state index contributed by atoms with van der Waals surface area (Å²) < 4.78 is 0. The fourth-order valence-electron chi connectivity index (χ4n) is 2.71. The molecule has 0 aromatic rings. The third-order valence-electron chi connectivity index (χ3n) is 3.84. The molecule has 0 saturated heterocycles. The Hall–Kier alpha value is -0.710. The average Bonchev–Trinajstić information content (AvgIpc) is 2.90. The molecule has 3 atom stereocenters. The highest BCUT2D eigenvalue weighted by Gasteiger charge is 2.48. The summed E-state index contributed by atoms with van der Waals surface area (Å²) >= 11 is 1.60. The Morgan fingerprint density at radius 2 is 2.00 bits per heavy atom. The lowest BCUT2D eigenvalue weighted by Gasteiger charge is -2.17. The number of thioether (sulfide) groups is 1. The Morgan fingerprint density at radius 3 is 2.53 bits per heavy atom. The summed E-state index contributed by atoms with van der Waals surface area (Å²) in [7, 11) is 0. The van der Waals surface area contributed by atoms with Crippen LogP contribution in [0.5, 0.6) is 0 Å². The highest BCUT2D eigenvalue weighted by Crippen LogP contribution is 2.54. The lowest BCUT2D eigenvalue weighted by atomic mass is 10.0. The first-order chi connectivity index (χ1) is 8.11. The number of hydrogen-bond acceptors (Lipinski definition) is 3. The van der Waals surface area contributed by atoms with Crippen molar-refractivity contribution in [3.05, 3.63) is 0 Å². The minimum Gasteiger partial charge on any atom is -0.480 e. The van der Waals surface area contributed by atoms with E-state index in [4.69, 9.17) is 5.11 Å². The van der Waals surface area contributed by atoms with Crippen LogP contribution in [0.4, 0.5) is 0 Å². The van der Waals surface area contributed by atoms with E-state index >= 15 is 0 Å². The van der Waals surface area contributed by atoms with Crippen molar-refractivity contribution in [2.75, 3.05) is 12.0 Å². The van der Waals surface area contributed by atoms with Gasteiger partial charge in [0.05, 0.1) is 0 Å². The van der Waals surface area contributed by atoms with Gasteiger partial charge in [0.25, 0.3) is 0 Å². The number of nitrogens with one attached hydrogen (secondary N) is 1. The maximum absolute atomic E-state index is 11.9. The van der Waals surface area contributed by atoms with Crippen molar-refractivity contribution >= 4 is 23.6 Å². The molecule has 0 heterocycles. The number of amides is 1. The van der Waals surface area contributed by atoms with Crippen LogP contribution in [0.15, 0.2) is 0 Å². The van der Waals surface area contributed by atoms with Gasteiger partial charge in [-0.05, 0) is 49.5 Å². The SMILES string of the molecule is CSCC[C@@H](NC(=O)C1CC2CC2C1)C(=O)O. The van der Waals surface area contributed by atoms with E-state index in [2.05, 4.69) is 5.32 Å². The van der Waals surface area contributed by atoms with Gasteiger partial charge in [0.1, 0.15) is 6.04 Å². The smallest absolute Gasteiger partial charge is 0.326 e. The average molecular weight is 257 g/mol. The molecule has 0 bridgehead atoms. The fourth-order valence-corrected chi connectivity index (χ4v) is 3.18. The molecule has 17 heavy (non-hydrogen) atoms. The molecule has 0 aliphatic heterocycles. The third kappa shape index (κ3) is 3.15. The molecule has 2 N–H and O–H groups in total. The van der Waals surface area contributed by atoms with E-state index in [-0.39, 0.29) is 11.8 Å². The number of carboxylic acid groups (broad SMARTS) is 1.